The summed E-state index contributed by atoms with van der Waals surface area (Å²) in [5, 5.41) is -0.364. The van der Waals surface area contributed by atoms with Gasteiger partial charge in [-0.2, -0.15) is 13.2 Å². The zero-order valence-corrected chi connectivity index (χ0v) is 11.0. The first-order valence-corrected chi connectivity index (χ1v) is 6.03. The molecule has 0 fully saturated rings. The number of carbonyl (C=O) groups is 2. The number of aromatic nitrogens is 2. The predicted octanol–water partition coefficient (Wildman–Crippen LogP) is 0.506. The van der Waals surface area contributed by atoms with Crippen LogP contribution in [0.5, 0.6) is 0 Å². The summed E-state index contributed by atoms with van der Waals surface area (Å²) < 4.78 is 40.9. The van der Waals surface area contributed by atoms with Gasteiger partial charge in [0.15, 0.2) is 0 Å². The van der Waals surface area contributed by atoms with Crippen LogP contribution in [-0.2, 0) is 15.8 Å². The summed E-state index contributed by atoms with van der Waals surface area (Å²) in [5.41, 5.74) is -0.712. The SMILES string of the molecule is Cc1cn(-c2cc3c(cc2C(F)(F)F)=NC(=O)C(=O)N=3)cn1. The molecule has 0 N–H and O–H groups in total. The molecular formula is C13H7F3N4O2. The summed E-state index contributed by atoms with van der Waals surface area (Å²) in [4.78, 5) is 33.1. The van der Waals surface area contributed by atoms with Gasteiger partial charge in [-0.25, -0.2) is 15.0 Å². The van der Waals surface area contributed by atoms with Gasteiger partial charge in [0.1, 0.15) is 0 Å². The van der Waals surface area contributed by atoms with Crippen LogP contribution in [-0.4, -0.2) is 21.4 Å². The number of fused-ring (bicyclic) bond motifs is 1. The number of amides is 2. The molecular weight excluding hydrogens is 301 g/mol. The monoisotopic (exact) mass is 308 g/mol. The lowest BCUT2D eigenvalue weighted by molar-refractivity contribution is -0.137. The van der Waals surface area contributed by atoms with Crippen LogP contribution in [0.2, 0.25) is 0 Å². The summed E-state index contributed by atoms with van der Waals surface area (Å²) in [5.74, 6) is -2.30. The van der Waals surface area contributed by atoms with Crippen molar-refractivity contribution in [2.75, 3.05) is 0 Å². The van der Waals surface area contributed by atoms with Crippen molar-refractivity contribution in [3.8, 4) is 5.69 Å². The maximum atomic E-state index is 13.2. The Bertz CT molecular complexity index is 928. The second-order valence-corrected chi connectivity index (χ2v) is 4.61. The molecule has 2 heterocycles. The highest BCUT2D eigenvalue weighted by atomic mass is 19.4. The Morgan fingerprint density at radius 3 is 2.14 bits per heavy atom. The van der Waals surface area contributed by atoms with Crippen molar-refractivity contribution in [2.45, 2.75) is 13.1 Å². The van der Waals surface area contributed by atoms with Gasteiger partial charge < -0.3 is 4.57 Å². The van der Waals surface area contributed by atoms with E-state index in [2.05, 4.69) is 15.0 Å². The van der Waals surface area contributed by atoms with E-state index in [1.165, 1.54) is 17.1 Å². The Morgan fingerprint density at radius 2 is 1.64 bits per heavy atom. The standard InChI is InChI=1S/C13H7F3N4O2/c1-6-4-20(5-17-6)10-3-9-8(2-7(10)13(14,15)16)18-11(21)12(22)19-9/h2-5H,1H3. The van der Waals surface area contributed by atoms with E-state index < -0.39 is 23.6 Å². The fourth-order valence-electron chi connectivity index (χ4n) is 2.05. The summed E-state index contributed by atoms with van der Waals surface area (Å²) in [7, 11) is 0. The third-order valence-corrected chi connectivity index (χ3v) is 3.02. The lowest BCUT2D eigenvalue weighted by Gasteiger charge is -2.13. The average molecular weight is 308 g/mol. The molecule has 0 bridgehead atoms. The molecule has 0 radical (unpaired) electrons. The van der Waals surface area contributed by atoms with Gasteiger partial charge in [-0.05, 0) is 19.1 Å². The third kappa shape index (κ3) is 2.30. The van der Waals surface area contributed by atoms with Gasteiger partial charge in [0.2, 0.25) is 0 Å². The fraction of sp³-hybridized carbons (Fsp3) is 0.154. The maximum absolute atomic E-state index is 13.2. The summed E-state index contributed by atoms with van der Waals surface area (Å²) in [6.07, 6.45) is -2.04. The normalized spacial score (nSPS) is 14.4. The summed E-state index contributed by atoms with van der Waals surface area (Å²) in [6, 6.07) is 1.76. The van der Waals surface area contributed by atoms with Crippen molar-refractivity contribution in [3.05, 3.63) is 46.6 Å². The molecule has 22 heavy (non-hydrogen) atoms. The van der Waals surface area contributed by atoms with Crippen LogP contribution in [0.3, 0.4) is 0 Å². The van der Waals surface area contributed by atoms with Gasteiger partial charge in [0.05, 0.1) is 34.0 Å². The number of imidazole rings is 1. The molecule has 9 heteroatoms. The zero-order valence-electron chi connectivity index (χ0n) is 11.0. The van der Waals surface area contributed by atoms with Crippen molar-refractivity contribution >= 4 is 11.8 Å². The second kappa shape index (κ2) is 4.58. The van der Waals surface area contributed by atoms with E-state index in [0.29, 0.717) is 11.8 Å². The molecule has 112 valence electrons. The number of alkyl halides is 3. The first-order valence-electron chi connectivity index (χ1n) is 6.03. The van der Waals surface area contributed by atoms with Crippen molar-refractivity contribution < 1.29 is 22.8 Å². The van der Waals surface area contributed by atoms with Crippen LogP contribution in [0, 0.1) is 6.92 Å². The smallest absolute Gasteiger partial charge is 0.305 e. The Morgan fingerprint density at radius 1 is 1.05 bits per heavy atom. The quantitative estimate of drug-likeness (QED) is 0.720. The Balaban J connectivity index is 2.37. The first kappa shape index (κ1) is 14.1. The molecule has 0 spiro atoms. The minimum Gasteiger partial charge on any atom is -0.305 e. The second-order valence-electron chi connectivity index (χ2n) is 4.61. The maximum Gasteiger partial charge on any atom is 0.418 e. The van der Waals surface area contributed by atoms with E-state index in [-0.39, 0.29) is 16.4 Å². The fourth-order valence-corrected chi connectivity index (χ4v) is 2.05. The number of aryl methyl sites for hydroxylation is 1. The average Bonchev–Trinajstić information content (AvgIpc) is 2.84. The van der Waals surface area contributed by atoms with E-state index >= 15 is 0 Å². The Kier molecular flexibility index (Phi) is 2.94. The van der Waals surface area contributed by atoms with Gasteiger partial charge in [0.25, 0.3) is 0 Å². The van der Waals surface area contributed by atoms with Crippen molar-refractivity contribution in [3.63, 3.8) is 0 Å². The van der Waals surface area contributed by atoms with Crippen LogP contribution in [0.1, 0.15) is 11.3 Å². The number of benzene rings is 1. The topological polar surface area (TPSA) is 76.7 Å². The lowest BCUT2D eigenvalue weighted by Crippen LogP contribution is -2.36. The number of hydrogen-bond acceptors (Lipinski definition) is 3. The van der Waals surface area contributed by atoms with Crippen molar-refractivity contribution in [2.24, 2.45) is 9.98 Å². The molecule has 2 aromatic rings. The van der Waals surface area contributed by atoms with Crippen LogP contribution in [0.25, 0.3) is 5.69 Å². The van der Waals surface area contributed by atoms with E-state index in [1.807, 2.05) is 0 Å². The van der Waals surface area contributed by atoms with Crippen LogP contribution < -0.4 is 10.7 Å². The zero-order chi connectivity index (χ0) is 16.1. The number of carbonyl (C=O) groups excluding carboxylic acids is 2. The highest BCUT2D eigenvalue weighted by Crippen LogP contribution is 2.32. The number of hydrogen-bond donors (Lipinski definition) is 0. The molecule has 1 aliphatic rings. The van der Waals surface area contributed by atoms with Gasteiger partial charge in [0, 0.05) is 6.20 Å². The Labute approximate surface area is 120 Å². The van der Waals surface area contributed by atoms with E-state index in [0.717, 1.165) is 6.07 Å². The highest BCUT2D eigenvalue weighted by molar-refractivity contribution is 6.36. The largest absolute Gasteiger partial charge is 0.418 e. The van der Waals surface area contributed by atoms with Crippen LogP contribution in [0.15, 0.2) is 34.6 Å². The molecule has 6 nitrogen and oxygen atoms in total. The summed E-state index contributed by atoms with van der Waals surface area (Å²) >= 11 is 0. The van der Waals surface area contributed by atoms with Crippen molar-refractivity contribution in [1.29, 1.82) is 0 Å². The van der Waals surface area contributed by atoms with Gasteiger partial charge >= 0.3 is 18.0 Å². The van der Waals surface area contributed by atoms with Gasteiger partial charge in [-0.3, -0.25) is 9.59 Å². The first-order chi connectivity index (χ1) is 10.3. The molecule has 0 saturated heterocycles. The minimum atomic E-state index is -4.66. The molecule has 1 aromatic heterocycles. The van der Waals surface area contributed by atoms with E-state index in [9.17, 15) is 22.8 Å². The molecule has 0 unspecified atom stereocenters. The molecule has 2 amide bonds. The lowest BCUT2D eigenvalue weighted by atomic mass is 10.1. The van der Waals surface area contributed by atoms with E-state index in [4.69, 9.17) is 0 Å². The van der Waals surface area contributed by atoms with Gasteiger partial charge in [-0.15, -0.1) is 0 Å². The molecule has 0 atom stereocenters. The summed E-state index contributed by atoms with van der Waals surface area (Å²) in [6.45, 7) is 1.63. The number of nitrogens with zero attached hydrogens (tertiary/aromatic N) is 4. The molecule has 1 aliphatic heterocycles. The van der Waals surface area contributed by atoms with Crippen molar-refractivity contribution in [1.82, 2.24) is 9.55 Å². The number of rotatable bonds is 1. The Hall–Kier alpha value is -2.84. The van der Waals surface area contributed by atoms with Gasteiger partial charge in [-0.1, -0.05) is 0 Å². The predicted molar refractivity (Wildman–Crippen MR) is 65.6 cm³/mol. The molecule has 0 saturated carbocycles. The van der Waals surface area contributed by atoms with Crippen LogP contribution in [0.4, 0.5) is 13.2 Å². The molecule has 3 rings (SSSR count). The molecule has 1 aromatic carbocycles. The molecule has 0 aliphatic carbocycles. The number of halogens is 3. The third-order valence-electron chi connectivity index (χ3n) is 3.02. The van der Waals surface area contributed by atoms with E-state index in [1.54, 1.807) is 6.92 Å². The highest BCUT2D eigenvalue weighted by Gasteiger charge is 2.35. The van der Waals surface area contributed by atoms with Crippen LogP contribution >= 0.6 is 0 Å². The minimum absolute atomic E-state index is 0.0843.